The van der Waals surface area contributed by atoms with Gasteiger partial charge in [-0.15, -0.1) is 0 Å². The third kappa shape index (κ3) is 3.23. The van der Waals surface area contributed by atoms with Gasteiger partial charge in [0.15, 0.2) is 11.5 Å². The summed E-state index contributed by atoms with van der Waals surface area (Å²) in [7, 11) is 0. The van der Waals surface area contributed by atoms with E-state index < -0.39 is 0 Å². The molecule has 26 heavy (non-hydrogen) atoms. The summed E-state index contributed by atoms with van der Waals surface area (Å²) in [5.41, 5.74) is 2.98. The first kappa shape index (κ1) is 17.2. The molecule has 4 nitrogen and oxygen atoms in total. The Morgan fingerprint density at radius 3 is 2.54 bits per heavy atom. The molecule has 4 rings (SSSR count). The molecular weight excluding hydrogens is 393 g/mol. The second-order valence-corrected chi connectivity index (χ2v) is 6.80. The smallest absolute Gasteiger partial charge is 0.181 e. The predicted octanol–water partition coefficient (Wildman–Crippen LogP) is 5.69. The van der Waals surface area contributed by atoms with Crippen molar-refractivity contribution in [3.8, 4) is 11.4 Å². The number of aromatic nitrogens is 3. The number of hydrogen-bond acceptors (Lipinski definition) is 3. The number of hydrogen-bond donors (Lipinski definition) is 0. The lowest BCUT2D eigenvalue weighted by molar-refractivity contribution is 0.110. The normalized spacial score (nSPS) is 11.0. The maximum absolute atomic E-state index is 6.35. The van der Waals surface area contributed by atoms with E-state index in [1.807, 2.05) is 42.5 Å². The molecule has 0 spiro atoms. The zero-order valence-corrected chi connectivity index (χ0v) is 15.6. The van der Waals surface area contributed by atoms with E-state index in [4.69, 9.17) is 39.6 Å². The molecule has 0 saturated heterocycles. The first-order valence-electron chi connectivity index (χ1n) is 7.79. The molecule has 0 atom stereocenters. The summed E-state index contributed by atoms with van der Waals surface area (Å²) in [6, 6.07) is 16.6. The van der Waals surface area contributed by atoms with Gasteiger partial charge in [-0.1, -0.05) is 53.0 Å². The molecule has 0 N–H and O–H groups in total. The van der Waals surface area contributed by atoms with Crippen LogP contribution in [-0.4, -0.2) is 14.7 Å². The molecule has 0 radical (unpaired) electrons. The molecule has 130 valence electrons. The zero-order chi connectivity index (χ0) is 18.1. The standard InChI is InChI=1S/C19H12Cl3N3O/c20-14-5-2-1-4-13(14)19-24-18-17(6-3-9-23-18)25(19)26-11-12-7-8-15(21)16(22)10-12/h1-10H,11H2. The molecule has 0 aliphatic carbocycles. The van der Waals surface area contributed by atoms with Gasteiger partial charge in [-0.2, -0.15) is 4.73 Å². The second-order valence-electron chi connectivity index (χ2n) is 5.58. The van der Waals surface area contributed by atoms with Crippen LogP contribution < -0.4 is 4.84 Å². The SMILES string of the molecule is Clc1ccc(COn2c(-c3ccccc3Cl)nc3ncccc32)cc1Cl. The topological polar surface area (TPSA) is 39.9 Å². The molecule has 0 aliphatic heterocycles. The van der Waals surface area contributed by atoms with Crippen molar-refractivity contribution in [2.24, 2.45) is 0 Å². The Labute approximate surface area is 164 Å². The maximum atomic E-state index is 6.35. The largest absolute Gasteiger partial charge is 0.407 e. The number of nitrogens with zero attached hydrogens (tertiary/aromatic N) is 3. The van der Waals surface area contributed by atoms with E-state index in [0.717, 1.165) is 16.6 Å². The summed E-state index contributed by atoms with van der Waals surface area (Å²) in [5.74, 6) is 0.587. The number of benzene rings is 2. The first-order valence-corrected chi connectivity index (χ1v) is 8.92. The molecule has 0 fully saturated rings. The average Bonchev–Trinajstić information content (AvgIpc) is 3.01. The summed E-state index contributed by atoms with van der Waals surface area (Å²) >= 11 is 18.4. The van der Waals surface area contributed by atoms with Crippen LogP contribution in [0.25, 0.3) is 22.6 Å². The van der Waals surface area contributed by atoms with Crippen molar-refractivity contribution >= 4 is 46.0 Å². The Hall–Kier alpha value is -2.27. The molecule has 4 aromatic rings. The van der Waals surface area contributed by atoms with Crippen molar-refractivity contribution in [1.29, 1.82) is 0 Å². The molecular formula is C19H12Cl3N3O. The molecule has 0 saturated carbocycles. The van der Waals surface area contributed by atoms with Gasteiger partial charge < -0.3 is 4.84 Å². The fourth-order valence-electron chi connectivity index (χ4n) is 2.60. The molecule has 2 heterocycles. The van der Waals surface area contributed by atoms with Crippen LogP contribution in [0.3, 0.4) is 0 Å². The lowest BCUT2D eigenvalue weighted by atomic mass is 10.2. The van der Waals surface area contributed by atoms with Gasteiger partial charge in [0.1, 0.15) is 12.1 Å². The van der Waals surface area contributed by atoms with Gasteiger partial charge in [0.25, 0.3) is 0 Å². The minimum Gasteiger partial charge on any atom is -0.407 e. The molecule has 2 aromatic carbocycles. The monoisotopic (exact) mass is 403 g/mol. The van der Waals surface area contributed by atoms with Crippen LogP contribution in [-0.2, 0) is 6.61 Å². The third-order valence-electron chi connectivity index (χ3n) is 3.85. The van der Waals surface area contributed by atoms with Crippen molar-refractivity contribution in [2.45, 2.75) is 6.61 Å². The van der Waals surface area contributed by atoms with Crippen molar-refractivity contribution < 1.29 is 4.84 Å². The summed E-state index contributed by atoms with van der Waals surface area (Å²) in [6.07, 6.45) is 1.69. The van der Waals surface area contributed by atoms with E-state index in [1.54, 1.807) is 23.1 Å². The van der Waals surface area contributed by atoms with Gasteiger partial charge in [-0.05, 0) is 42.0 Å². The van der Waals surface area contributed by atoms with Gasteiger partial charge in [0.05, 0.1) is 15.1 Å². The number of fused-ring (bicyclic) bond motifs is 1. The van der Waals surface area contributed by atoms with Crippen LogP contribution in [0, 0.1) is 0 Å². The van der Waals surface area contributed by atoms with Gasteiger partial charge in [-0.25, -0.2) is 9.97 Å². The van der Waals surface area contributed by atoms with Crippen molar-refractivity contribution in [3.63, 3.8) is 0 Å². The number of pyridine rings is 1. The Kier molecular flexibility index (Phi) is 4.72. The van der Waals surface area contributed by atoms with Crippen LogP contribution in [0.5, 0.6) is 0 Å². The van der Waals surface area contributed by atoms with Gasteiger partial charge in [-0.3, -0.25) is 0 Å². The van der Waals surface area contributed by atoms with Crippen LogP contribution in [0.15, 0.2) is 60.8 Å². The van der Waals surface area contributed by atoms with E-state index >= 15 is 0 Å². The maximum Gasteiger partial charge on any atom is 0.181 e. The number of halogens is 3. The fraction of sp³-hybridized carbons (Fsp3) is 0.0526. The summed E-state index contributed by atoms with van der Waals surface area (Å²) < 4.78 is 1.64. The summed E-state index contributed by atoms with van der Waals surface area (Å²) in [5, 5.41) is 1.57. The van der Waals surface area contributed by atoms with E-state index in [0.29, 0.717) is 26.5 Å². The predicted molar refractivity (Wildman–Crippen MR) is 105 cm³/mol. The lowest BCUT2D eigenvalue weighted by Gasteiger charge is -2.12. The van der Waals surface area contributed by atoms with Crippen molar-refractivity contribution in [1.82, 2.24) is 14.7 Å². The van der Waals surface area contributed by atoms with Crippen LogP contribution in [0.1, 0.15) is 5.56 Å². The Balaban J connectivity index is 1.76. The zero-order valence-electron chi connectivity index (χ0n) is 13.4. The van der Waals surface area contributed by atoms with Gasteiger partial charge in [0, 0.05) is 11.8 Å². The van der Waals surface area contributed by atoms with Crippen LogP contribution in [0.4, 0.5) is 0 Å². The van der Waals surface area contributed by atoms with E-state index in [1.165, 1.54) is 0 Å². The Morgan fingerprint density at radius 2 is 1.73 bits per heavy atom. The van der Waals surface area contributed by atoms with E-state index in [9.17, 15) is 0 Å². The van der Waals surface area contributed by atoms with Gasteiger partial charge in [0.2, 0.25) is 0 Å². The van der Waals surface area contributed by atoms with E-state index in [-0.39, 0.29) is 6.61 Å². The highest BCUT2D eigenvalue weighted by Gasteiger charge is 2.17. The number of imidazole rings is 1. The molecule has 0 bridgehead atoms. The highest BCUT2D eigenvalue weighted by molar-refractivity contribution is 6.42. The molecule has 0 aliphatic rings. The highest BCUT2D eigenvalue weighted by atomic mass is 35.5. The van der Waals surface area contributed by atoms with E-state index in [2.05, 4.69) is 9.97 Å². The second kappa shape index (κ2) is 7.16. The molecule has 0 unspecified atom stereocenters. The first-order chi connectivity index (χ1) is 12.6. The average molecular weight is 405 g/mol. The molecule has 7 heteroatoms. The van der Waals surface area contributed by atoms with Gasteiger partial charge >= 0.3 is 0 Å². The highest BCUT2D eigenvalue weighted by Crippen LogP contribution is 2.29. The summed E-state index contributed by atoms with van der Waals surface area (Å²) in [6.45, 7) is 0.286. The lowest BCUT2D eigenvalue weighted by Crippen LogP contribution is -2.12. The third-order valence-corrected chi connectivity index (χ3v) is 4.92. The number of rotatable bonds is 4. The minimum atomic E-state index is 0.286. The molecule has 0 amide bonds. The molecule has 2 aromatic heterocycles. The Bertz CT molecular complexity index is 1090. The van der Waals surface area contributed by atoms with Crippen molar-refractivity contribution in [3.05, 3.63) is 81.4 Å². The minimum absolute atomic E-state index is 0.286. The Morgan fingerprint density at radius 1 is 0.885 bits per heavy atom. The summed E-state index contributed by atoms with van der Waals surface area (Å²) in [4.78, 5) is 14.9. The van der Waals surface area contributed by atoms with Crippen LogP contribution in [0.2, 0.25) is 15.1 Å². The quantitative estimate of drug-likeness (QED) is 0.439. The fourth-order valence-corrected chi connectivity index (χ4v) is 3.15. The van der Waals surface area contributed by atoms with Crippen molar-refractivity contribution in [2.75, 3.05) is 0 Å². The van der Waals surface area contributed by atoms with Crippen LogP contribution >= 0.6 is 34.8 Å².